The normalized spacial score (nSPS) is 12.3. The van der Waals surface area contributed by atoms with Gasteiger partial charge in [-0.15, -0.1) is 10.2 Å². The van der Waals surface area contributed by atoms with Gasteiger partial charge in [0.05, 0.1) is 11.3 Å². The molecule has 18 heavy (non-hydrogen) atoms. The molecule has 0 saturated carbocycles. The number of ether oxygens (including phenoxy) is 1. The summed E-state index contributed by atoms with van der Waals surface area (Å²) in [6.07, 6.45) is 0.658. The van der Waals surface area contributed by atoms with Gasteiger partial charge in [0, 0.05) is 19.2 Å². The largest absolute Gasteiger partial charge is 0.378 e. The van der Waals surface area contributed by atoms with Crippen molar-refractivity contribution in [3.63, 3.8) is 0 Å². The van der Waals surface area contributed by atoms with Crippen molar-refractivity contribution in [2.75, 3.05) is 7.11 Å². The number of fused-ring (bicyclic) bond motifs is 1. The Morgan fingerprint density at radius 1 is 1.28 bits per heavy atom. The van der Waals surface area contributed by atoms with Crippen molar-refractivity contribution in [3.8, 4) is 0 Å². The van der Waals surface area contributed by atoms with Crippen LogP contribution in [-0.4, -0.2) is 32.3 Å². The molecule has 2 aromatic rings. The molecule has 0 aliphatic heterocycles. The molecule has 2 aromatic heterocycles. The van der Waals surface area contributed by atoms with Crippen molar-refractivity contribution in [2.45, 2.75) is 39.7 Å². The number of aryl methyl sites for hydroxylation is 2. The number of rotatable bonds is 3. The third-order valence-electron chi connectivity index (χ3n) is 3.18. The average molecular weight is 269 g/mol. The molecule has 0 aliphatic carbocycles. The minimum atomic E-state index is -0.293. The molecule has 0 unspecified atom stereocenters. The fourth-order valence-electron chi connectivity index (χ4n) is 1.81. The fourth-order valence-corrected chi connectivity index (χ4v) is 2.06. The van der Waals surface area contributed by atoms with E-state index in [0.29, 0.717) is 17.2 Å². The zero-order chi connectivity index (χ0) is 13.5. The van der Waals surface area contributed by atoms with Crippen LogP contribution >= 0.6 is 11.6 Å². The molecule has 2 rings (SSSR count). The smallest absolute Gasteiger partial charge is 0.198 e. The molecule has 6 heteroatoms. The van der Waals surface area contributed by atoms with E-state index < -0.39 is 0 Å². The molecular formula is C12H17ClN4O. The van der Waals surface area contributed by atoms with Crippen LogP contribution in [0.3, 0.4) is 0 Å². The van der Waals surface area contributed by atoms with Gasteiger partial charge in [0.1, 0.15) is 5.82 Å². The van der Waals surface area contributed by atoms with E-state index in [4.69, 9.17) is 16.3 Å². The van der Waals surface area contributed by atoms with Crippen molar-refractivity contribution in [2.24, 2.45) is 0 Å². The molecule has 98 valence electrons. The zero-order valence-electron chi connectivity index (χ0n) is 11.3. The summed E-state index contributed by atoms with van der Waals surface area (Å²) >= 11 is 6.09. The van der Waals surface area contributed by atoms with E-state index in [1.165, 1.54) is 0 Å². The van der Waals surface area contributed by atoms with E-state index in [-0.39, 0.29) is 5.60 Å². The van der Waals surface area contributed by atoms with Gasteiger partial charge in [0.25, 0.3) is 0 Å². The van der Waals surface area contributed by atoms with Crippen molar-refractivity contribution >= 4 is 17.2 Å². The average Bonchev–Trinajstić information content (AvgIpc) is 2.70. The topological polar surface area (TPSA) is 52.3 Å². The molecule has 0 fully saturated rings. The first kappa shape index (κ1) is 13.2. The van der Waals surface area contributed by atoms with Crippen LogP contribution in [0.15, 0.2) is 0 Å². The summed E-state index contributed by atoms with van der Waals surface area (Å²) in [5, 5.41) is 8.68. The molecular weight excluding hydrogens is 252 g/mol. The number of nitrogens with zero attached hydrogens (tertiary/aromatic N) is 4. The number of halogens is 1. The van der Waals surface area contributed by atoms with Gasteiger partial charge in [0.15, 0.2) is 10.8 Å². The standard InChI is InChI=1S/C12H17ClN4O/c1-7-8(2)17-9(6-12(3,4)18-5)15-16-11(17)10(13)14-7/h6H2,1-5H3. The van der Waals surface area contributed by atoms with Gasteiger partial charge in [-0.1, -0.05) is 11.6 Å². The minimum absolute atomic E-state index is 0.293. The predicted molar refractivity (Wildman–Crippen MR) is 70.1 cm³/mol. The second-order valence-corrected chi connectivity index (χ2v) is 5.35. The molecule has 0 aromatic carbocycles. The summed E-state index contributed by atoms with van der Waals surface area (Å²) in [7, 11) is 1.69. The number of methoxy groups -OCH3 is 1. The summed E-state index contributed by atoms with van der Waals surface area (Å²) in [5.41, 5.74) is 2.19. The lowest BCUT2D eigenvalue weighted by Crippen LogP contribution is -2.27. The quantitative estimate of drug-likeness (QED) is 0.858. The first-order chi connectivity index (χ1) is 8.35. The molecule has 0 bridgehead atoms. The third-order valence-corrected chi connectivity index (χ3v) is 3.43. The first-order valence-electron chi connectivity index (χ1n) is 5.77. The second kappa shape index (κ2) is 4.48. The zero-order valence-corrected chi connectivity index (χ0v) is 12.0. The lowest BCUT2D eigenvalue weighted by Gasteiger charge is -2.21. The molecule has 0 amide bonds. The van der Waals surface area contributed by atoms with Crippen molar-refractivity contribution in [1.29, 1.82) is 0 Å². The van der Waals surface area contributed by atoms with E-state index in [9.17, 15) is 0 Å². The summed E-state index contributed by atoms with van der Waals surface area (Å²) in [6, 6.07) is 0. The van der Waals surface area contributed by atoms with Gasteiger partial charge in [-0.3, -0.25) is 4.40 Å². The third kappa shape index (κ3) is 2.20. The molecule has 0 spiro atoms. The molecule has 0 atom stereocenters. The Labute approximate surface area is 111 Å². The van der Waals surface area contributed by atoms with Crippen LogP contribution in [0.4, 0.5) is 0 Å². The highest BCUT2D eigenvalue weighted by Crippen LogP contribution is 2.21. The molecule has 0 aliphatic rings. The van der Waals surface area contributed by atoms with Crippen LogP contribution in [0.25, 0.3) is 5.65 Å². The summed E-state index contributed by atoms with van der Waals surface area (Å²) in [4.78, 5) is 4.24. The Morgan fingerprint density at radius 2 is 1.94 bits per heavy atom. The van der Waals surface area contributed by atoms with Crippen molar-refractivity contribution < 1.29 is 4.74 Å². The number of hydrogen-bond acceptors (Lipinski definition) is 4. The van der Waals surface area contributed by atoms with Crippen molar-refractivity contribution in [1.82, 2.24) is 19.6 Å². The summed E-state index contributed by atoms with van der Waals surface area (Å²) in [5.74, 6) is 0.835. The van der Waals surface area contributed by atoms with Gasteiger partial charge >= 0.3 is 0 Å². The number of hydrogen-bond donors (Lipinski definition) is 0. The molecule has 2 heterocycles. The Morgan fingerprint density at radius 3 is 2.56 bits per heavy atom. The van der Waals surface area contributed by atoms with Gasteiger partial charge in [-0.2, -0.15) is 0 Å². The highest BCUT2D eigenvalue weighted by atomic mass is 35.5. The lowest BCUT2D eigenvalue weighted by atomic mass is 10.1. The SMILES string of the molecule is COC(C)(C)Cc1nnc2c(Cl)nc(C)c(C)n12. The summed E-state index contributed by atoms with van der Waals surface area (Å²) < 4.78 is 7.38. The van der Waals surface area contributed by atoms with Crippen LogP contribution < -0.4 is 0 Å². The van der Waals surface area contributed by atoms with E-state index in [0.717, 1.165) is 17.2 Å². The fraction of sp³-hybridized carbons (Fsp3) is 0.583. The van der Waals surface area contributed by atoms with Crippen LogP contribution in [0.5, 0.6) is 0 Å². The molecule has 0 N–H and O–H groups in total. The Kier molecular flexibility index (Phi) is 3.29. The van der Waals surface area contributed by atoms with Crippen LogP contribution in [0.2, 0.25) is 5.15 Å². The maximum absolute atomic E-state index is 6.09. The number of aromatic nitrogens is 4. The van der Waals surface area contributed by atoms with E-state index >= 15 is 0 Å². The predicted octanol–water partition coefficient (Wildman–Crippen LogP) is 2.36. The summed E-state index contributed by atoms with van der Waals surface area (Å²) in [6.45, 7) is 7.93. The van der Waals surface area contributed by atoms with E-state index in [1.54, 1.807) is 7.11 Å². The molecule has 5 nitrogen and oxygen atoms in total. The van der Waals surface area contributed by atoms with E-state index in [2.05, 4.69) is 15.2 Å². The highest BCUT2D eigenvalue weighted by Gasteiger charge is 2.22. The van der Waals surface area contributed by atoms with Crippen LogP contribution in [0.1, 0.15) is 31.1 Å². The Balaban J connectivity index is 2.60. The van der Waals surface area contributed by atoms with Gasteiger partial charge < -0.3 is 4.74 Å². The molecule has 0 radical (unpaired) electrons. The maximum atomic E-state index is 6.09. The van der Waals surface area contributed by atoms with Crippen LogP contribution in [0, 0.1) is 13.8 Å². The minimum Gasteiger partial charge on any atom is -0.378 e. The van der Waals surface area contributed by atoms with Gasteiger partial charge in [-0.25, -0.2) is 4.98 Å². The monoisotopic (exact) mass is 268 g/mol. The Hall–Kier alpha value is -1.20. The van der Waals surface area contributed by atoms with Gasteiger partial charge in [0.2, 0.25) is 0 Å². The van der Waals surface area contributed by atoms with E-state index in [1.807, 2.05) is 32.1 Å². The lowest BCUT2D eigenvalue weighted by molar-refractivity contribution is 0.0213. The van der Waals surface area contributed by atoms with Gasteiger partial charge in [-0.05, 0) is 27.7 Å². The highest BCUT2D eigenvalue weighted by molar-refractivity contribution is 6.32. The first-order valence-corrected chi connectivity index (χ1v) is 6.15. The van der Waals surface area contributed by atoms with Crippen molar-refractivity contribution in [3.05, 3.63) is 22.4 Å². The van der Waals surface area contributed by atoms with Crippen LogP contribution in [-0.2, 0) is 11.2 Å². The maximum Gasteiger partial charge on any atom is 0.198 e. The Bertz CT molecular complexity index is 591. The molecule has 0 saturated heterocycles. The second-order valence-electron chi connectivity index (χ2n) is 4.99.